The van der Waals surface area contributed by atoms with E-state index in [9.17, 15) is 4.79 Å². The Labute approximate surface area is 70.3 Å². The van der Waals surface area contributed by atoms with Crippen LogP contribution in [-0.2, 0) is 6.42 Å². The fraction of sp³-hybridized carbons (Fsp3) is 0.500. The molecule has 0 saturated carbocycles. The number of rotatable bonds is 3. The third-order valence-corrected chi connectivity index (χ3v) is 2.28. The lowest BCUT2D eigenvalue weighted by Crippen LogP contribution is -1.92. The SMILES string of the molecule is CCCc1nc(C(C)=O)cs1. The maximum absolute atomic E-state index is 10.8. The highest BCUT2D eigenvalue weighted by molar-refractivity contribution is 7.09. The van der Waals surface area contributed by atoms with Gasteiger partial charge in [-0.15, -0.1) is 11.3 Å². The van der Waals surface area contributed by atoms with Crippen LogP contribution in [0.3, 0.4) is 0 Å². The van der Waals surface area contributed by atoms with E-state index in [0.717, 1.165) is 17.8 Å². The van der Waals surface area contributed by atoms with Crippen LogP contribution in [0.15, 0.2) is 5.38 Å². The average Bonchev–Trinajstić information content (AvgIpc) is 2.37. The molecule has 0 fully saturated rings. The van der Waals surface area contributed by atoms with Gasteiger partial charge in [-0.3, -0.25) is 4.79 Å². The third kappa shape index (κ3) is 2.12. The maximum Gasteiger partial charge on any atom is 0.178 e. The molecule has 0 atom stereocenters. The van der Waals surface area contributed by atoms with Crippen LogP contribution in [0.25, 0.3) is 0 Å². The predicted octanol–water partition coefficient (Wildman–Crippen LogP) is 2.30. The molecule has 0 N–H and O–H groups in total. The van der Waals surface area contributed by atoms with E-state index in [2.05, 4.69) is 11.9 Å². The highest BCUT2D eigenvalue weighted by Gasteiger charge is 2.03. The van der Waals surface area contributed by atoms with Crippen LogP contribution in [0.4, 0.5) is 0 Å². The highest BCUT2D eigenvalue weighted by atomic mass is 32.1. The van der Waals surface area contributed by atoms with Gasteiger partial charge in [0, 0.05) is 12.3 Å². The van der Waals surface area contributed by atoms with Gasteiger partial charge >= 0.3 is 0 Å². The Morgan fingerprint density at radius 3 is 2.91 bits per heavy atom. The number of nitrogens with zero attached hydrogens (tertiary/aromatic N) is 1. The van der Waals surface area contributed by atoms with Gasteiger partial charge in [0.2, 0.25) is 0 Å². The zero-order valence-corrected chi connectivity index (χ0v) is 7.57. The molecule has 0 aromatic carbocycles. The normalized spacial score (nSPS) is 10.0. The van der Waals surface area contributed by atoms with Crippen LogP contribution < -0.4 is 0 Å². The Balaban J connectivity index is 2.73. The number of carbonyl (C=O) groups excluding carboxylic acids is 1. The minimum absolute atomic E-state index is 0.0589. The zero-order chi connectivity index (χ0) is 8.27. The zero-order valence-electron chi connectivity index (χ0n) is 6.76. The second-order valence-corrected chi connectivity index (χ2v) is 3.38. The standard InChI is InChI=1S/C8H11NOS/c1-3-4-8-9-7(5-11-8)6(2)10/h5H,3-4H2,1-2H3. The number of aryl methyl sites for hydroxylation is 1. The summed E-state index contributed by atoms with van der Waals surface area (Å²) >= 11 is 1.57. The Kier molecular flexibility index (Phi) is 2.76. The first kappa shape index (κ1) is 8.40. The number of hydrogen-bond acceptors (Lipinski definition) is 3. The summed E-state index contributed by atoms with van der Waals surface area (Å²) in [5.41, 5.74) is 0.610. The molecule has 0 aliphatic carbocycles. The van der Waals surface area contributed by atoms with Crippen molar-refractivity contribution in [2.75, 3.05) is 0 Å². The summed E-state index contributed by atoms with van der Waals surface area (Å²) < 4.78 is 0. The van der Waals surface area contributed by atoms with E-state index in [1.165, 1.54) is 0 Å². The van der Waals surface area contributed by atoms with Gasteiger partial charge in [-0.2, -0.15) is 0 Å². The van der Waals surface area contributed by atoms with Gasteiger partial charge in [-0.05, 0) is 12.8 Å². The second-order valence-electron chi connectivity index (χ2n) is 2.43. The van der Waals surface area contributed by atoms with Crippen molar-refractivity contribution in [1.82, 2.24) is 4.98 Å². The molecule has 60 valence electrons. The van der Waals surface area contributed by atoms with Gasteiger partial charge in [0.25, 0.3) is 0 Å². The third-order valence-electron chi connectivity index (χ3n) is 1.38. The van der Waals surface area contributed by atoms with Crippen molar-refractivity contribution in [2.45, 2.75) is 26.7 Å². The molecule has 0 aliphatic heterocycles. The van der Waals surface area contributed by atoms with E-state index >= 15 is 0 Å². The van der Waals surface area contributed by atoms with Gasteiger partial charge < -0.3 is 0 Å². The molecular weight excluding hydrogens is 158 g/mol. The Hall–Kier alpha value is -0.700. The van der Waals surface area contributed by atoms with E-state index in [4.69, 9.17) is 0 Å². The van der Waals surface area contributed by atoms with Crippen LogP contribution in [0, 0.1) is 0 Å². The largest absolute Gasteiger partial charge is 0.293 e. The number of ketones is 1. The molecule has 2 nitrogen and oxygen atoms in total. The molecule has 0 saturated heterocycles. The summed E-state index contributed by atoms with van der Waals surface area (Å²) in [6, 6.07) is 0. The van der Waals surface area contributed by atoms with Crippen LogP contribution in [-0.4, -0.2) is 10.8 Å². The number of carbonyl (C=O) groups is 1. The fourth-order valence-corrected chi connectivity index (χ4v) is 1.74. The Morgan fingerprint density at radius 2 is 2.45 bits per heavy atom. The minimum atomic E-state index is 0.0589. The van der Waals surface area contributed by atoms with Gasteiger partial charge in [0.1, 0.15) is 5.69 Å². The van der Waals surface area contributed by atoms with Crippen molar-refractivity contribution in [2.24, 2.45) is 0 Å². The van der Waals surface area contributed by atoms with Gasteiger partial charge in [-0.25, -0.2) is 4.98 Å². The van der Waals surface area contributed by atoms with Crippen molar-refractivity contribution >= 4 is 17.1 Å². The predicted molar refractivity (Wildman–Crippen MR) is 46.1 cm³/mol. The molecule has 11 heavy (non-hydrogen) atoms. The number of thiazole rings is 1. The van der Waals surface area contributed by atoms with Crippen molar-refractivity contribution in [3.63, 3.8) is 0 Å². The Morgan fingerprint density at radius 1 is 1.73 bits per heavy atom. The first-order valence-corrected chi connectivity index (χ1v) is 4.57. The Bertz CT molecular complexity index is 254. The maximum atomic E-state index is 10.8. The smallest absolute Gasteiger partial charge is 0.178 e. The van der Waals surface area contributed by atoms with Crippen LogP contribution >= 0.6 is 11.3 Å². The molecule has 1 aromatic heterocycles. The topological polar surface area (TPSA) is 30.0 Å². The van der Waals surface area contributed by atoms with Gasteiger partial charge in [0.15, 0.2) is 5.78 Å². The molecule has 1 rings (SSSR count). The first-order chi connectivity index (χ1) is 5.24. The molecule has 0 aliphatic rings. The molecule has 3 heteroatoms. The minimum Gasteiger partial charge on any atom is -0.293 e. The molecule has 0 radical (unpaired) electrons. The second kappa shape index (κ2) is 3.62. The van der Waals surface area contributed by atoms with Crippen molar-refractivity contribution in [1.29, 1.82) is 0 Å². The van der Waals surface area contributed by atoms with Crippen molar-refractivity contribution in [3.8, 4) is 0 Å². The average molecular weight is 169 g/mol. The van der Waals surface area contributed by atoms with Gasteiger partial charge in [-0.1, -0.05) is 6.92 Å². The van der Waals surface area contributed by atoms with Crippen LogP contribution in [0.1, 0.15) is 35.8 Å². The van der Waals surface area contributed by atoms with E-state index in [0.29, 0.717) is 5.69 Å². The summed E-state index contributed by atoms with van der Waals surface area (Å²) in [6.07, 6.45) is 2.07. The number of hydrogen-bond donors (Lipinski definition) is 0. The van der Waals surface area contributed by atoms with E-state index in [1.807, 2.05) is 5.38 Å². The lowest BCUT2D eigenvalue weighted by atomic mass is 10.3. The van der Waals surface area contributed by atoms with Crippen LogP contribution in [0.5, 0.6) is 0 Å². The number of aromatic nitrogens is 1. The molecule has 0 amide bonds. The van der Waals surface area contributed by atoms with Crippen molar-refractivity contribution in [3.05, 3.63) is 16.1 Å². The molecule has 1 aromatic rings. The summed E-state index contributed by atoms with van der Waals surface area (Å²) in [5, 5.41) is 2.89. The molecule has 0 spiro atoms. The van der Waals surface area contributed by atoms with E-state index in [1.54, 1.807) is 18.3 Å². The molecular formula is C8H11NOS. The molecule has 0 bridgehead atoms. The first-order valence-electron chi connectivity index (χ1n) is 3.69. The quantitative estimate of drug-likeness (QED) is 0.650. The number of Topliss-reactive ketones (excluding diaryl/α,β-unsaturated/α-hetero) is 1. The molecule has 1 heterocycles. The van der Waals surface area contributed by atoms with Gasteiger partial charge in [0.05, 0.1) is 5.01 Å². The lowest BCUT2D eigenvalue weighted by molar-refractivity contribution is 0.101. The molecule has 0 unspecified atom stereocenters. The fourth-order valence-electron chi connectivity index (χ4n) is 0.801. The lowest BCUT2D eigenvalue weighted by Gasteiger charge is -1.87. The highest BCUT2D eigenvalue weighted by Crippen LogP contribution is 2.11. The summed E-state index contributed by atoms with van der Waals surface area (Å²) in [5.74, 6) is 0.0589. The summed E-state index contributed by atoms with van der Waals surface area (Å²) in [4.78, 5) is 15.0. The van der Waals surface area contributed by atoms with E-state index in [-0.39, 0.29) is 5.78 Å². The summed E-state index contributed by atoms with van der Waals surface area (Å²) in [7, 11) is 0. The monoisotopic (exact) mass is 169 g/mol. The van der Waals surface area contributed by atoms with E-state index < -0.39 is 0 Å². The van der Waals surface area contributed by atoms with Crippen molar-refractivity contribution < 1.29 is 4.79 Å². The summed E-state index contributed by atoms with van der Waals surface area (Å²) in [6.45, 7) is 3.65. The van der Waals surface area contributed by atoms with Crippen LogP contribution in [0.2, 0.25) is 0 Å².